The number of para-hydroxylation sites is 1. The van der Waals surface area contributed by atoms with Gasteiger partial charge in [0.25, 0.3) is 5.91 Å². The highest BCUT2D eigenvalue weighted by molar-refractivity contribution is 6.11. The van der Waals surface area contributed by atoms with Gasteiger partial charge in [-0.15, -0.1) is 0 Å². The van der Waals surface area contributed by atoms with Gasteiger partial charge in [0.05, 0.1) is 16.6 Å². The number of carbonyl (C=O) groups excluding carboxylic acids is 1. The molecule has 1 amide bonds. The second-order valence-corrected chi connectivity index (χ2v) is 9.24. The standard InChI is InChI=1S/C24H28N6O.C2HF3O2/c1-17(2)29-19-9-4-3-8-18(19)22-20(29)16-21(30(22)24-26-10-7-11-27-24)23(31)25-12-15-28-13-5-6-14-28;3-2(4,5)1(6)7/h3-4,7-11,16-17H,5-6,12-15H2,1-2H3,(H,25,31);(H,6,7). The number of fused-ring (bicyclic) bond motifs is 3. The molecule has 1 aliphatic heterocycles. The van der Waals surface area contributed by atoms with Crippen molar-refractivity contribution in [2.75, 3.05) is 26.2 Å². The number of carbonyl (C=O) groups is 2. The molecule has 0 spiro atoms. The molecule has 1 aliphatic rings. The third-order valence-electron chi connectivity index (χ3n) is 6.31. The second-order valence-electron chi connectivity index (χ2n) is 9.24. The Balaban J connectivity index is 0.000000426. The highest BCUT2D eigenvalue weighted by atomic mass is 19.4. The quantitative estimate of drug-likeness (QED) is 0.383. The van der Waals surface area contributed by atoms with Crippen LogP contribution in [0.3, 0.4) is 0 Å². The molecule has 0 saturated carbocycles. The molecule has 38 heavy (non-hydrogen) atoms. The molecular formula is C26H29F3N6O3. The lowest BCUT2D eigenvalue weighted by Gasteiger charge is -2.15. The number of halogens is 3. The molecule has 0 aliphatic carbocycles. The summed E-state index contributed by atoms with van der Waals surface area (Å²) in [4.78, 5) is 33.5. The second kappa shape index (κ2) is 11.2. The number of hydrogen-bond donors (Lipinski definition) is 2. The molecule has 1 fully saturated rings. The fraction of sp³-hybridized carbons (Fsp3) is 0.385. The Kier molecular flexibility index (Phi) is 8.00. The van der Waals surface area contributed by atoms with E-state index in [9.17, 15) is 18.0 Å². The van der Waals surface area contributed by atoms with Crippen molar-refractivity contribution >= 4 is 33.8 Å². The minimum atomic E-state index is -5.08. The lowest BCUT2D eigenvalue weighted by Crippen LogP contribution is -2.34. The smallest absolute Gasteiger partial charge is 0.475 e. The summed E-state index contributed by atoms with van der Waals surface area (Å²) in [6, 6.07) is 12.3. The Morgan fingerprint density at radius 1 is 1.05 bits per heavy atom. The molecular weight excluding hydrogens is 501 g/mol. The molecule has 202 valence electrons. The van der Waals surface area contributed by atoms with E-state index < -0.39 is 12.1 Å². The number of hydrogen-bond acceptors (Lipinski definition) is 5. The predicted octanol–water partition coefficient (Wildman–Crippen LogP) is 4.42. The fourth-order valence-electron chi connectivity index (χ4n) is 4.72. The first kappa shape index (κ1) is 27.1. The van der Waals surface area contributed by atoms with E-state index >= 15 is 0 Å². The van der Waals surface area contributed by atoms with Crippen LogP contribution in [0.2, 0.25) is 0 Å². The van der Waals surface area contributed by atoms with Crippen molar-refractivity contribution in [2.45, 2.75) is 38.9 Å². The molecule has 4 aromatic rings. The number of nitrogens with zero attached hydrogens (tertiary/aromatic N) is 5. The Morgan fingerprint density at radius 3 is 2.29 bits per heavy atom. The number of benzene rings is 1. The van der Waals surface area contributed by atoms with Crippen molar-refractivity contribution in [2.24, 2.45) is 0 Å². The highest BCUT2D eigenvalue weighted by Gasteiger charge is 2.38. The van der Waals surface area contributed by atoms with Crippen LogP contribution in [0.4, 0.5) is 13.2 Å². The lowest BCUT2D eigenvalue weighted by molar-refractivity contribution is -0.192. The number of aromatic nitrogens is 4. The molecule has 1 saturated heterocycles. The number of rotatable bonds is 6. The van der Waals surface area contributed by atoms with E-state index in [1.807, 2.05) is 16.7 Å². The first-order valence-electron chi connectivity index (χ1n) is 12.3. The van der Waals surface area contributed by atoms with E-state index in [1.54, 1.807) is 18.5 Å². The number of likely N-dealkylation sites (tertiary alicyclic amines) is 1. The minimum Gasteiger partial charge on any atom is -0.475 e. The normalized spacial score (nSPS) is 14.2. The summed E-state index contributed by atoms with van der Waals surface area (Å²) in [6.07, 6.45) is 0.842. The molecule has 3 aromatic heterocycles. The molecule has 0 bridgehead atoms. The number of aliphatic carboxylic acids is 1. The molecule has 0 unspecified atom stereocenters. The molecule has 2 N–H and O–H groups in total. The number of alkyl halides is 3. The number of carboxylic acids is 1. The summed E-state index contributed by atoms with van der Waals surface area (Å²) in [5.74, 6) is -2.34. The van der Waals surface area contributed by atoms with Gasteiger partial charge in [-0.2, -0.15) is 13.2 Å². The Bertz CT molecular complexity index is 1420. The van der Waals surface area contributed by atoms with E-state index in [0.717, 1.165) is 41.6 Å². The zero-order valence-corrected chi connectivity index (χ0v) is 21.1. The fourth-order valence-corrected chi connectivity index (χ4v) is 4.72. The molecule has 0 radical (unpaired) electrons. The molecule has 0 atom stereocenters. The van der Waals surface area contributed by atoms with Crippen molar-refractivity contribution in [1.29, 1.82) is 0 Å². The topological polar surface area (TPSA) is 105 Å². The largest absolute Gasteiger partial charge is 0.490 e. The Labute approximate surface area is 216 Å². The van der Waals surface area contributed by atoms with E-state index in [1.165, 1.54) is 12.8 Å². The third kappa shape index (κ3) is 5.64. The van der Waals surface area contributed by atoms with Gasteiger partial charge < -0.3 is 19.9 Å². The summed E-state index contributed by atoms with van der Waals surface area (Å²) in [5.41, 5.74) is 3.71. The Hall–Kier alpha value is -3.93. The first-order valence-corrected chi connectivity index (χ1v) is 12.3. The van der Waals surface area contributed by atoms with E-state index in [-0.39, 0.29) is 11.9 Å². The maximum absolute atomic E-state index is 13.3. The molecule has 4 heterocycles. The summed E-state index contributed by atoms with van der Waals surface area (Å²) in [5, 5.41) is 11.3. The summed E-state index contributed by atoms with van der Waals surface area (Å²) < 4.78 is 35.9. The third-order valence-corrected chi connectivity index (χ3v) is 6.31. The van der Waals surface area contributed by atoms with E-state index in [2.05, 4.69) is 56.8 Å². The minimum absolute atomic E-state index is 0.0952. The summed E-state index contributed by atoms with van der Waals surface area (Å²) in [7, 11) is 0. The van der Waals surface area contributed by atoms with Crippen molar-refractivity contribution in [3.05, 3.63) is 54.5 Å². The van der Waals surface area contributed by atoms with Gasteiger partial charge in [-0.3, -0.25) is 9.36 Å². The Morgan fingerprint density at radius 2 is 1.68 bits per heavy atom. The molecule has 1 aromatic carbocycles. The zero-order valence-electron chi connectivity index (χ0n) is 21.1. The van der Waals surface area contributed by atoms with Gasteiger partial charge in [-0.05, 0) is 58.0 Å². The van der Waals surface area contributed by atoms with Crippen molar-refractivity contribution in [1.82, 2.24) is 29.3 Å². The van der Waals surface area contributed by atoms with Crippen LogP contribution in [0.1, 0.15) is 43.2 Å². The van der Waals surface area contributed by atoms with Crippen molar-refractivity contribution in [3.63, 3.8) is 0 Å². The monoisotopic (exact) mass is 530 g/mol. The van der Waals surface area contributed by atoms with Gasteiger partial charge in [0.15, 0.2) is 0 Å². The first-order chi connectivity index (χ1) is 18.1. The van der Waals surface area contributed by atoms with E-state index in [0.29, 0.717) is 18.2 Å². The average molecular weight is 531 g/mol. The van der Waals surface area contributed by atoms with Crippen LogP contribution in [0.5, 0.6) is 0 Å². The molecule has 12 heteroatoms. The maximum Gasteiger partial charge on any atom is 0.490 e. The lowest BCUT2D eigenvalue weighted by atomic mass is 10.2. The highest BCUT2D eigenvalue weighted by Crippen LogP contribution is 2.35. The van der Waals surface area contributed by atoms with Gasteiger partial charge in [0.1, 0.15) is 5.69 Å². The van der Waals surface area contributed by atoms with Gasteiger partial charge in [-0.1, -0.05) is 18.2 Å². The van der Waals surface area contributed by atoms with Gasteiger partial charge >= 0.3 is 12.1 Å². The molecule has 9 nitrogen and oxygen atoms in total. The van der Waals surface area contributed by atoms with Crippen LogP contribution >= 0.6 is 0 Å². The maximum atomic E-state index is 13.3. The number of amides is 1. The summed E-state index contributed by atoms with van der Waals surface area (Å²) >= 11 is 0. The van der Waals surface area contributed by atoms with Crippen LogP contribution in [-0.4, -0.2) is 73.3 Å². The summed E-state index contributed by atoms with van der Waals surface area (Å²) in [6.45, 7) is 8.09. The van der Waals surface area contributed by atoms with Gasteiger partial charge in [-0.25, -0.2) is 14.8 Å². The molecule has 5 rings (SSSR count). The SMILES string of the molecule is CC(C)n1c2ccccc2c2c1cc(C(=O)NCCN1CCCC1)n2-c1ncccn1.O=C(O)C(F)(F)F. The van der Waals surface area contributed by atoms with Gasteiger partial charge in [0.2, 0.25) is 5.95 Å². The van der Waals surface area contributed by atoms with Crippen molar-refractivity contribution in [3.8, 4) is 5.95 Å². The number of nitrogens with one attached hydrogen (secondary N) is 1. The van der Waals surface area contributed by atoms with Crippen LogP contribution < -0.4 is 5.32 Å². The van der Waals surface area contributed by atoms with Gasteiger partial charge in [0, 0.05) is 36.9 Å². The predicted molar refractivity (Wildman–Crippen MR) is 136 cm³/mol. The van der Waals surface area contributed by atoms with Crippen molar-refractivity contribution < 1.29 is 27.9 Å². The number of carboxylic acid groups (broad SMARTS) is 1. The van der Waals surface area contributed by atoms with E-state index in [4.69, 9.17) is 9.90 Å². The average Bonchev–Trinajstić information content (AvgIpc) is 3.59. The van der Waals surface area contributed by atoms with Crippen LogP contribution in [0, 0.1) is 0 Å². The van der Waals surface area contributed by atoms with Crippen LogP contribution in [0.15, 0.2) is 48.8 Å². The van der Waals surface area contributed by atoms with Crippen LogP contribution in [-0.2, 0) is 4.79 Å². The van der Waals surface area contributed by atoms with Crippen LogP contribution in [0.25, 0.3) is 27.9 Å². The zero-order chi connectivity index (χ0) is 27.4.